The van der Waals surface area contributed by atoms with Gasteiger partial charge >= 0.3 is 0 Å². The van der Waals surface area contributed by atoms with Crippen molar-refractivity contribution >= 4 is 11.8 Å². The highest BCUT2D eigenvalue weighted by atomic mass is 16.2. The van der Waals surface area contributed by atoms with E-state index >= 15 is 0 Å². The average Bonchev–Trinajstić information content (AvgIpc) is 2.66. The van der Waals surface area contributed by atoms with Gasteiger partial charge in [0.05, 0.1) is 0 Å². The number of amides is 2. The van der Waals surface area contributed by atoms with Crippen LogP contribution in [0.2, 0.25) is 0 Å². The van der Waals surface area contributed by atoms with Gasteiger partial charge < -0.3 is 10.6 Å². The maximum Gasteiger partial charge on any atom is 0.251 e. The van der Waals surface area contributed by atoms with E-state index < -0.39 is 6.04 Å². The van der Waals surface area contributed by atoms with E-state index in [0.29, 0.717) is 12.1 Å². The van der Waals surface area contributed by atoms with Crippen LogP contribution in [0, 0.1) is 5.92 Å². The SMILES string of the molecule is CCC(C)C(NC(=O)c1ccccc1)C(=O)NCCC1=CCCCC1. The van der Waals surface area contributed by atoms with E-state index in [4.69, 9.17) is 0 Å². The summed E-state index contributed by atoms with van der Waals surface area (Å²) < 4.78 is 0. The zero-order chi connectivity index (χ0) is 18.1. The van der Waals surface area contributed by atoms with Crippen LogP contribution in [0.25, 0.3) is 0 Å². The van der Waals surface area contributed by atoms with Crippen LogP contribution in [0.1, 0.15) is 62.7 Å². The Balaban J connectivity index is 1.90. The summed E-state index contributed by atoms with van der Waals surface area (Å²) in [6.07, 6.45) is 8.88. The fraction of sp³-hybridized carbons (Fsp3) is 0.524. The van der Waals surface area contributed by atoms with Crippen LogP contribution in [0.4, 0.5) is 0 Å². The second-order valence-electron chi connectivity index (χ2n) is 6.85. The molecule has 2 N–H and O–H groups in total. The van der Waals surface area contributed by atoms with Crippen LogP contribution in [0.15, 0.2) is 42.0 Å². The molecule has 1 aliphatic rings. The van der Waals surface area contributed by atoms with Gasteiger partial charge in [-0.15, -0.1) is 0 Å². The van der Waals surface area contributed by atoms with Gasteiger partial charge in [0.15, 0.2) is 0 Å². The Bertz CT molecular complexity index is 595. The summed E-state index contributed by atoms with van der Waals surface area (Å²) in [5.41, 5.74) is 2.02. The molecule has 0 fully saturated rings. The minimum atomic E-state index is -0.502. The first kappa shape index (κ1) is 19.2. The van der Waals surface area contributed by atoms with Gasteiger partial charge in [0.1, 0.15) is 6.04 Å². The molecule has 2 unspecified atom stereocenters. The summed E-state index contributed by atoms with van der Waals surface area (Å²) in [5, 5.41) is 5.91. The number of benzene rings is 1. The monoisotopic (exact) mass is 342 g/mol. The number of carbonyl (C=O) groups excluding carboxylic acids is 2. The highest BCUT2D eigenvalue weighted by Gasteiger charge is 2.26. The summed E-state index contributed by atoms with van der Waals surface area (Å²) in [6, 6.07) is 8.54. The minimum Gasteiger partial charge on any atom is -0.354 e. The van der Waals surface area contributed by atoms with Crippen molar-refractivity contribution in [3.8, 4) is 0 Å². The normalized spacial score (nSPS) is 16.5. The minimum absolute atomic E-state index is 0.0848. The highest BCUT2D eigenvalue weighted by molar-refractivity contribution is 5.97. The fourth-order valence-corrected chi connectivity index (χ4v) is 3.10. The van der Waals surface area contributed by atoms with Crippen molar-refractivity contribution in [3.63, 3.8) is 0 Å². The Hall–Kier alpha value is -2.10. The number of allylic oxidation sites excluding steroid dienone is 1. The first-order valence-corrected chi connectivity index (χ1v) is 9.43. The Morgan fingerprint density at radius 3 is 2.56 bits per heavy atom. The summed E-state index contributed by atoms with van der Waals surface area (Å²) >= 11 is 0. The standard InChI is InChI=1S/C21H30N2O2/c1-3-16(2)19(23-20(24)18-12-8-5-9-13-18)21(25)22-15-14-17-10-6-4-7-11-17/h5,8-10,12-13,16,19H,3-4,6-7,11,14-15H2,1-2H3,(H,22,25)(H,23,24). The predicted molar refractivity (Wildman–Crippen MR) is 101 cm³/mol. The number of nitrogens with one attached hydrogen (secondary N) is 2. The number of rotatable bonds is 8. The van der Waals surface area contributed by atoms with Crippen molar-refractivity contribution in [3.05, 3.63) is 47.5 Å². The van der Waals surface area contributed by atoms with Gasteiger partial charge in [-0.3, -0.25) is 9.59 Å². The topological polar surface area (TPSA) is 58.2 Å². The molecule has 2 amide bonds. The Labute approximate surface area is 151 Å². The summed E-state index contributed by atoms with van der Waals surface area (Å²) in [4.78, 5) is 25.0. The van der Waals surface area contributed by atoms with Gasteiger partial charge in [0.2, 0.25) is 5.91 Å². The van der Waals surface area contributed by atoms with Crippen LogP contribution >= 0.6 is 0 Å². The third-order valence-corrected chi connectivity index (χ3v) is 4.95. The van der Waals surface area contributed by atoms with Gasteiger partial charge in [0, 0.05) is 12.1 Å². The molecule has 4 nitrogen and oxygen atoms in total. The maximum absolute atomic E-state index is 12.6. The number of carbonyl (C=O) groups is 2. The molecule has 0 saturated carbocycles. The van der Waals surface area contributed by atoms with Gasteiger partial charge in [-0.1, -0.05) is 50.1 Å². The third-order valence-electron chi connectivity index (χ3n) is 4.95. The fourth-order valence-electron chi connectivity index (χ4n) is 3.10. The Morgan fingerprint density at radius 1 is 1.16 bits per heavy atom. The molecule has 0 aliphatic heterocycles. The van der Waals surface area contributed by atoms with Crippen LogP contribution in [0.5, 0.6) is 0 Å². The Morgan fingerprint density at radius 2 is 1.92 bits per heavy atom. The van der Waals surface area contributed by atoms with Crippen LogP contribution < -0.4 is 10.6 Å². The van der Waals surface area contributed by atoms with E-state index in [2.05, 4.69) is 16.7 Å². The van der Waals surface area contributed by atoms with Gasteiger partial charge in [-0.05, 0) is 50.2 Å². The smallest absolute Gasteiger partial charge is 0.251 e. The van der Waals surface area contributed by atoms with Gasteiger partial charge in [0.25, 0.3) is 5.91 Å². The molecule has 0 bridgehead atoms. The molecule has 4 heteroatoms. The molecule has 0 saturated heterocycles. The second-order valence-corrected chi connectivity index (χ2v) is 6.85. The lowest BCUT2D eigenvalue weighted by Gasteiger charge is -2.24. The van der Waals surface area contributed by atoms with E-state index in [-0.39, 0.29) is 17.7 Å². The summed E-state index contributed by atoms with van der Waals surface area (Å²) in [6.45, 7) is 4.67. The highest BCUT2D eigenvalue weighted by Crippen LogP contribution is 2.19. The third kappa shape index (κ3) is 6.04. The molecule has 136 valence electrons. The van der Waals surface area contributed by atoms with Crippen molar-refractivity contribution in [2.45, 2.75) is 58.4 Å². The molecule has 0 aromatic heterocycles. The van der Waals surface area contributed by atoms with Gasteiger partial charge in [-0.25, -0.2) is 0 Å². The molecular formula is C21H30N2O2. The molecule has 0 heterocycles. The maximum atomic E-state index is 12.6. The van der Waals surface area contributed by atoms with Crippen molar-refractivity contribution in [2.75, 3.05) is 6.54 Å². The lowest BCUT2D eigenvalue weighted by molar-refractivity contribution is -0.124. The molecule has 25 heavy (non-hydrogen) atoms. The second kappa shape index (κ2) is 10.0. The van der Waals surface area contributed by atoms with E-state index in [1.165, 1.54) is 18.4 Å². The van der Waals surface area contributed by atoms with E-state index in [1.54, 1.807) is 12.1 Å². The molecule has 1 aliphatic carbocycles. The molecule has 1 aromatic carbocycles. The zero-order valence-corrected chi connectivity index (χ0v) is 15.4. The average molecular weight is 342 g/mol. The van der Waals surface area contributed by atoms with Crippen LogP contribution in [-0.2, 0) is 4.79 Å². The summed E-state index contributed by atoms with van der Waals surface area (Å²) in [5.74, 6) is -0.201. The molecular weight excluding hydrogens is 312 g/mol. The summed E-state index contributed by atoms with van der Waals surface area (Å²) in [7, 11) is 0. The first-order chi connectivity index (χ1) is 12.1. The van der Waals surface area contributed by atoms with E-state index in [9.17, 15) is 9.59 Å². The predicted octanol–water partition coefficient (Wildman–Crippen LogP) is 3.84. The van der Waals surface area contributed by atoms with Crippen LogP contribution in [-0.4, -0.2) is 24.4 Å². The molecule has 2 atom stereocenters. The molecule has 2 rings (SSSR count). The molecule has 1 aromatic rings. The van der Waals surface area contributed by atoms with Gasteiger partial charge in [-0.2, -0.15) is 0 Å². The number of hydrogen-bond donors (Lipinski definition) is 2. The van der Waals surface area contributed by atoms with Crippen molar-refractivity contribution in [1.82, 2.24) is 10.6 Å². The lowest BCUT2D eigenvalue weighted by atomic mass is 9.96. The van der Waals surface area contributed by atoms with Crippen LogP contribution in [0.3, 0.4) is 0 Å². The molecule has 0 radical (unpaired) electrons. The van der Waals surface area contributed by atoms with Crippen molar-refractivity contribution in [1.29, 1.82) is 0 Å². The quantitative estimate of drug-likeness (QED) is 0.705. The van der Waals surface area contributed by atoms with E-state index in [1.807, 2.05) is 32.0 Å². The zero-order valence-electron chi connectivity index (χ0n) is 15.4. The Kier molecular flexibility index (Phi) is 7.71. The first-order valence-electron chi connectivity index (χ1n) is 9.43. The largest absolute Gasteiger partial charge is 0.354 e. The number of hydrogen-bond acceptors (Lipinski definition) is 2. The lowest BCUT2D eigenvalue weighted by Crippen LogP contribution is -2.50. The van der Waals surface area contributed by atoms with Crippen molar-refractivity contribution < 1.29 is 9.59 Å². The molecule has 0 spiro atoms. The van der Waals surface area contributed by atoms with E-state index in [0.717, 1.165) is 25.7 Å². The van der Waals surface area contributed by atoms with Crippen molar-refractivity contribution in [2.24, 2.45) is 5.92 Å².